The number of carbonyl (C=O) groups excluding carboxylic acids is 1. The van der Waals surface area contributed by atoms with Crippen molar-refractivity contribution >= 4 is 46.1 Å². The van der Waals surface area contributed by atoms with E-state index < -0.39 is 0 Å². The van der Waals surface area contributed by atoms with Crippen LogP contribution in [0.4, 0.5) is 10.2 Å². The number of nitrogens with zero attached hydrogens (tertiary/aromatic N) is 4. The molecule has 0 atom stereocenters. The molecule has 0 spiro atoms. The van der Waals surface area contributed by atoms with Crippen LogP contribution in [0.1, 0.15) is 61.3 Å². The number of pyridine rings is 1. The van der Waals surface area contributed by atoms with Crippen LogP contribution in [0.15, 0.2) is 34.0 Å². The van der Waals surface area contributed by atoms with E-state index in [2.05, 4.69) is 17.9 Å². The van der Waals surface area contributed by atoms with Crippen LogP contribution in [0.5, 0.6) is 0 Å². The first-order valence-corrected chi connectivity index (χ1v) is 13.5. The number of hydrogen-bond donors (Lipinski definition) is 0. The highest BCUT2D eigenvalue weighted by molar-refractivity contribution is 8.26. The Morgan fingerprint density at radius 2 is 1.86 bits per heavy atom. The Balaban J connectivity index is 1.80. The maximum Gasteiger partial charge on any atom is 0.270 e. The summed E-state index contributed by atoms with van der Waals surface area (Å²) in [7, 11) is 0. The summed E-state index contributed by atoms with van der Waals surface area (Å²) in [5, 5.41) is 9.83. The second-order valence-corrected chi connectivity index (χ2v) is 10.8. The van der Waals surface area contributed by atoms with Crippen LogP contribution in [-0.2, 0) is 17.9 Å². The third-order valence-corrected chi connectivity index (χ3v) is 8.02. The van der Waals surface area contributed by atoms with E-state index in [9.17, 15) is 19.2 Å². The molecule has 1 aromatic heterocycles. The minimum atomic E-state index is -0.337. The predicted molar refractivity (Wildman–Crippen MR) is 146 cm³/mol. The number of piperidine rings is 1. The van der Waals surface area contributed by atoms with Crippen molar-refractivity contribution < 1.29 is 9.18 Å². The first kappa shape index (κ1) is 26.1. The molecule has 2 aliphatic rings. The van der Waals surface area contributed by atoms with Crippen molar-refractivity contribution in [1.29, 1.82) is 5.26 Å². The fourth-order valence-corrected chi connectivity index (χ4v) is 5.89. The quantitative estimate of drug-likeness (QED) is 0.359. The van der Waals surface area contributed by atoms with Gasteiger partial charge in [-0.3, -0.25) is 19.1 Å². The van der Waals surface area contributed by atoms with Crippen LogP contribution < -0.4 is 10.5 Å². The summed E-state index contributed by atoms with van der Waals surface area (Å²) in [6.45, 7) is 6.26. The highest BCUT2D eigenvalue weighted by atomic mass is 32.2. The van der Waals surface area contributed by atoms with E-state index in [1.807, 2.05) is 0 Å². The lowest BCUT2D eigenvalue weighted by molar-refractivity contribution is -0.122. The first-order valence-electron chi connectivity index (χ1n) is 12.3. The van der Waals surface area contributed by atoms with E-state index >= 15 is 0 Å². The summed E-state index contributed by atoms with van der Waals surface area (Å²) < 4.78 is 15.5. The maximum atomic E-state index is 13.4. The zero-order valence-electron chi connectivity index (χ0n) is 20.6. The SMILES string of the molecule is CCCCn1c(N2CCCCC2)c(/C=C2\SC(=S)N(Cc3ccc(F)cc3)C2=O)c(C)c(C#N)c1=O. The molecule has 0 N–H and O–H groups in total. The molecule has 9 heteroatoms. The van der Waals surface area contributed by atoms with Gasteiger partial charge in [-0.25, -0.2) is 4.39 Å². The lowest BCUT2D eigenvalue weighted by Crippen LogP contribution is -2.37. The minimum absolute atomic E-state index is 0.111. The number of aromatic nitrogens is 1. The van der Waals surface area contributed by atoms with Crippen LogP contribution >= 0.6 is 24.0 Å². The van der Waals surface area contributed by atoms with Gasteiger partial charge in [0.2, 0.25) is 0 Å². The van der Waals surface area contributed by atoms with Gasteiger partial charge in [0.25, 0.3) is 11.5 Å². The molecule has 0 bridgehead atoms. The monoisotopic (exact) mass is 524 g/mol. The molecule has 6 nitrogen and oxygen atoms in total. The maximum absolute atomic E-state index is 13.4. The Kier molecular flexibility index (Phi) is 8.27. The summed E-state index contributed by atoms with van der Waals surface area (Å²) in [5.74, 6) is 0.216. The Morgan fingerprint density at radius 3 is 2.50 bits per heavy atom. The average Bonchev–Trinajstić information content (AvgIpc) is 3.14. The topological polar surface area (TPSA) is 69.3 Å². The Bertz CT molecular complexity index is 1310. The third-order valence-electron chi connectivity index (χ3n) is 6.64. The number of halogens is 1. The van der Waals surface area contributed by atoms with E-state index in [0.29, 0.717) is 21.3 Å². The lowest BCUT2D eigenvalue weighted by atomic mass is 10.0. The fraction of sp³-hybridized carbons (Fsp3) is 0.407. The molecule has 0 unspecified atom stereocenters. The zero-order valence-corrected chi connectivity index (χ0v) is 22.2. The third kappa shape index (κ3) is 5.25. The van der Waals surface area contributed by atoms with Crippen LogP contribution in [-0.4, -0.2) is 32.8 Å². The molecular weight excluding hydrogens is 495 g/mol. The number of carbonyl (C=O) groups is 1. The number of amides is 1. The first-order chi connectivity index (χ1) is 17.3. The molecule has 2 saturated heterocycles. The molecule has 2 fully saturated rings. The molecule has 1 aromatic carbocycles. The van der Waals surface area contributed by atoms with Crippen molar-refractivity contribution in [3.8, 4) is 6.07 Å². The summed E-state index contributed by atoms with van der Waals surface area (Å²) >= 11 is 6.72. The van der Waals surface area contributed by atoms with Gasteiger partial charge in [0.05, 0.1) is 11.4 Å². The molecule has 1 amide bonds. The van der Waals surface area contributed by atoms with Gasteiger partial charge in [0.1, 0.15) is 27.6 Å². The van der Waals surface area contributed by atoms with Crippen molar-refractivity contribution in [2.24, 2.45) is 0 Å². The van der Waals surface area contributed by atoms with Crippen LogP contribution in [0.25, 0.3) is 6.08 Å². The van der Waals surface area contributed by atoms with Gasteiger partial charge >= 0.3 is 0 Å². The number of anilines is 1. The Hall–Kier alpha value is -2.96. The molecule has 0 aliphatic carbocycles. The molecule has 188 valence electrons. The Labute approximate surface area is 220 Å². The molecule has 3 heterocycles. The lowest BCUT2D eigenvalue weighted by Gasteiger charge is -2.33. The highest BCUT2D eigenvalue weighted by Gasteiger charge is 2.33. The molecule has 36 heavy (non-hydrogen) atoms. The zero-order chi connectivity index (χ0) is 25.8. The fourth-order valence-electron chi connectivity index (χ4n) is 4.65. The number of thiocarbonyl (C=S) groups is 1. The Morgan fingerprint density at radius 1 is 1.17 bits per heavy atom. The standard InChI is InChI=1S/C27H29FN4O2S2/c1-3-4-14-31-24(30-12-6-5-7-13-30)21(18(2)22(16-29)25(31)33)15-23-26(34)32(27(35)36-23)17-19-8-10-20(28)11-9-19/h8-11,15H,3-7,12-14,17H2,1-2H3/b23-15-. The second-order valence-electron chi connectivity index (χ2n) is 9.10. The van der Waals surface area contributed by atoms with Gasteiger partial charge in [-0.15, -0.1) is 0 Å². The average molecular weight is 525 g/mol. The number of unbranched alkanes of at least 4 members (excludes halogenated alkanes) is 1. The largest absolute Gasteiger partial charge is 0.357 e. The van der Waals surface area contributed by atoms with Gasteiger partial charge in [0, 0.05) is 25.2 Å². The van der Waals surface area contributed by atoms with E-state index in [0.717, 1.165) is 62.1 Å². The predicted octanol–water partition coefficient (Wildman–Crippen LogP) is 5.36. The summed E-state index contributed by atoms with van der Waals surface area (Å²) in [4.78, 5) is 30.9. The summed E-state index contributed by atoms with van der Waals surface area (Å²) in [5.41, 5.74) is 1.93. The van der Waals surface area contributed by atoms with Crippen LogP contribution in [0, 0.1) is 24.1 Å². The van der Waals surface area contributed by atoms with E-state index in [1.54, 1.807) is 29.7 Å². The van der Waals surface area contributed by atoms with Gasteiger partial charge < -0.3 is 4.90 Å². The van der Waals surface area contributed by atoms with Gasteiger partial charge in [-0.05, 0) is 61.9 Å². The van der Waals surface area contributed by atoms with Crippen molar-refractivity contribution in [1.82, 2.24) is 9.47 Å². The smallest absolute Gasteiger partial charge is 0.270 e. The second kappa shape index (κ2) is 11.4. The van der Waals surface area contributed by atoms with Crippen molar-refractivity contribution in [3.05, 3.63) is 67.6 Å². The van der Waals surface area contributed by atoms with E-state index in [-0.39, 0.29) is 29.4 Å². The summed E-state index contributed by atoms with van der Waals surface area (Å²) in [6.07, 6.45) is 6.72. The number of hydrogen-bond acceptors (Lipinski definition) is 6. The molecule has 2 aliphatic heterocycles. The van der Waals surface area contributed by atoms with Crippen LogP contribution in [0.3, 0.4) is 0 Å². The van der Waals surface area contributed by atoms with E-state index in [1.165, 1.54) is 28.8 Å². The molecular formula is C27H29FN4O2S2. The van der Waals surface area contributed by atoms with E-state index in [4.69, 9.17) is 12.2 Å². The number of benzene rings is 1. The molecule has 0 saturated carbocycles. The van der Waals surface area contributed by atoms with Crippen molar-refractivity contribution in [3.63, 3.8) is 0 Å². The van der Waals surface area contributed by atoms with Crippen molar-refractivity contribution in [2.45, 2.75) is 59.0 Å². The van der Waals surface area contributed by atoms with Crippen LogP contribution in [0.2, 0.25) is 0 Å². The number of nitriles is 1. The number of rotatable bonds is 7. The van der Waals surface area contributed by atoms with Gasteiger partial charge in [-0.2, -0.15) is 5.26 Å². The highest BCUT2D eigenvalue weighted by Crippen LogP contribution is 2.37. The summed E-state index contributed by atoms with van der Waals surface area (Å²) in [6, 6.07) is 8.10. The molecule has 0 radical (unpaired) electrons. The normalized spacial score (nSPS) is 17.2. The molecule has 4 rings (SSSR count). The van der Waals surface area contributed by atoms with Gasteiger partial charge in [0.15, 0.2) is 0 Å². The van der Waals surface area contributed by atoms with Gasteiger partial charge in [-0.1, -0.05) is 49.5 Å². The molecule has 2 aromatic rings. The minimum Gasteiger partial charge on any atom is -0.357 e. The van der Waals surface area contributed by atoms with Crippen molar-refractivity contribution in [2.75, 3.05) is 18.0 Å². The number of thioether (sulfide) groups is 1.